The maximum Gasteiger partial charge on any atom is 0.249 e. The number of ether oxygens (including phenoxy) is 1. The van der Waals surface area contributed by atoms with E-state index in [9.17, 15) is 14.0 Å². The zero-order valence-corrected chi connectivity index (χ0v) is 18.4. The summed E-state index contributed by atoms with van der Waals surface area (Å²) >= 11 is 0. The highest BCUT2D eigenvalue weighted by Crippen LogP contribution is 2.13. The second kappa shape index (κ2) is 12.4. The van der Waals surface area contributed by atoms with Crippen LogP contribution >= 0.6 is 0 Å². The van der Waals surface area contributed by atoms with Gasteiger partial charge in [-0.05, 0) is 35.4 Å². The van der Waals surface area contributed by atoms with E-state index < -0.39 is 0 Å². The van der Waals surface area contributed by atoms with E-state index in [1.807, 2.05) is 30.3 Å². The highest BCUT2D eigenvalue weighted by Gasteiger charge is 2.22. The van der Waals surface area contributed by atoms with Gasteiger partial charge in [-0.3, -0.25) is 9.59 Å². The average Bonchev–Trinajstić information content (AvgIpc) is 3.33. The number of benzene rings is 2. The van der Waals surface area contributed by atoms with E-state index in [4.69, 9.17) is 9.15 Å². The van der Waals surface area contributed by atoms with E-state index >= 15 is 0 Å². The fourth-order valence-electron chi connectivity index (χ4n) is 3.23. The molecule has 33 heavy (non-hydrogen) atoms. The molecule has 0 fully saturated rings. The Bertz CT molecular complexity index is 1020. The van der Waals surface area contributed by atoms with Gasteiger partial charge in [0, 0.05) is 13.1 Å². The molecule has 0 saturated carbocycles. The van der Waals surface area contributed by atoms with Crippen LogP contribution in [-0.2, 0) is 34.0 Å². The smallest absolute Gasteiger partial charge is 0.249 e. The number of halogens is 1. The summed E-state index contributed by atoms with van der Waals surface area (Å²) < 4.78 is 24.2. The number of nitrogens with zero attached hydrogens (tertiary/aromatic N) is 2. The van der Waals surface area contributed by atoms with Crippen molar-refractivity contribution in [2.24, 2.45) is 0 Å². The fourth-order valence-corrected chi connectivity index (χ4v) is 3.23. The molecule has 0 aliphatic heterocycles. The van der Waals surface area contributed by atoms with Gasteiger partial charge in [0.1, 0.15) is 24.7 Å². The monoisotopic (exact) mass is 450 g/mol. The third-order valence-electron chi connectivity index (χ3n) is 4.93. The summed E-state index contributed by atoms with van der Waals surface area (Å²) in [4.78, 5) is 28.9. The lowest BCUT2D eigenvalue weighted by Crippen LogP contribution is -2.43. The Morgan fingerprint density at radius 2 is 1.67 bits per heavy atom. The predicted molar refractivity (Wildman–Crippen MR) is 122 cm³/mol. The predicted octanol–water partition coefficient (Wildman–Crippen LogP) is 4.18. The van der Waals surface area contributed by atoms with Gasteiger partial charge in [0.25, 0.3) is 0 Å². The molecule has 7 heteroatoms. The number of carbonyl (C=O) groups excluding carboxylic acids is 2. The van der Waals surface area contributed by atoms with E-state index in [1.54, 1.807) is 35.2 Å². The topological polar surface area (TPSA) is 63.0 Å². The van der Waals surface area contributed by atoms with Crippen LogP contribution in [0.2, 0.25) is 0 Å². The molecule has 3 rings (SSSR count). The maximum atomic E-state index is 13.3. The molecule has 0 N–H and O–H groups in total. The minimum Gasteiger partial charge on any atom is -0.467 e. The van der Waals surface area contributed by atoms with Crippen LogP contribution < -0.4 is 0 Å². The molecule has 2 aromatic carbocycles. The SMILES string of the molecule is C=CCN(CC(=O)N(Cc1ccc(F)cc1)Cc1ccco1)C(=O)COCc1ccccc1. The molecule has 3 aromatic rings. The Hall–Kier alpha value is -3.71. The van der Waals surface area contributed by atoms with E-state index in [0.29, 0.717) is 12.4 Å². The lowest BCUT2D eigenvalue weighted by molar-refractivity contribution is -0.143. The molecule has 0 atom stereocenters. The Balaban J connectivity index is 1.63. The molecule has 0 radical (unpaired) electrons. The number of furan rings is 1. The molecular weight excluding hydrogens is 423 g/mol. The van der Waals surface area contributed by atoms with E-state index in [2.05, 4.69) is 6.58 Å². The first-order valence-electron chi connectivity index (χ1n) is 10.6. The van der Waals surface area contributed by atoms with E-state index in [-0.39, 0.29) is 50.4 Å². The van der Waals surface area contributed by atoms with Crippen molar-refractivity contribution in [3.63, 3.8) is 0 Å². The highest BCUT2D eigenvalue weighted by atomic mass is 19.1. The summed E-state index contributed by atoms with van der Waals surface area (Å²) in [5.41, 5.74) is 1.73. The van der Waals surface area contributed by atoms with Crippen LogP contribution in [0.15, 0.2) is 90.1 Å². The lowest BCUT2D eigenvalue weighted by atomic mass is 10.2. The summed E-state index contributed by atoms with van der Waals surface area (Å²) in [5, 5.41) is 0. The van der Waals surface area contributed by atoms with Crippen LogP contribution in [0.1, 0.15) is 16.9 Å². The molecule has 0 unspecified atom stereocenters. The van der Waals surface area contributed by atoms with Crippen molar-refractivity contribution in [3.05, 3.63) is 108 Å². The summed E-state index contributed by atoms with van der Waals surface area (Å²) in [6.45, 7) is 4.40. The van der Waals surface area contributed by atoms with Crippen LogP contribution in [0.3, 0.4) is 0 Å². The van der Waals surface area contributed by atoms with E-state index in [1.165, 1.54) is 23.3 Å². The molecule has 0 aliphatic rings. The molecule has 0 bridgehead atoms. The van der Waals surface area contributed by atoms with Crippen molar-refractivity contribution in [2.75, 3.05) is 19.7 Å². The number of carbonyl (C=O) groups is 2. The second-order valence-corrected chi connectivity index (χ2v) is 7.50. The molecule has 1 aromatic heterocycles. The van der Waals surface area contributed by atoms with Gasteiger partial charge in [-0.2, -0.15) is 0 Å². The molecule has 0 spiro atoms. The minimum absolute atomic E-state index is 0.137. The van der Waals surface area contributed by atoms with Gasteiger partial charge in [-0.1, -0.05) is 48.5 Å². The first-order chi connectivity index (χ1) is 16.0. The maximum absolute atomic E-state index is 13.3. The van der Waals surface area contributed by atoms with Crippen LogP contribution in [0.4, 0.5) is 4.39 Å². The number of rotatable bonds is 12. The highest BCUT2D eigenvalue weighted by molar-refractivity contribution is 5.85. The van der Waals surface area contributed by atoms with Gasteiger partial charge < -0.3 is 19.0 Å². The van der Waals surface area contributed by atoms with Gasteiger partial charge in [-0.25, -0.2) is 4.39 Å². The van der Waals surface area contributed by atoms with E-state index in [0.717, 1.165) is 11.1 Å². The Morgan fingerprint density at radius 1 is 0.909 bits per heavy atom. The summed E-state index contributed by atoms with van der Waals surface area (Å²) in [6.07, 6.45) is 3.10. The first-order valence-corrected chi connectivity index (χ1v) is 10.6. The molecule has 6 nitrogen and oxygen atoms in total. The number of hydrogen-bond acceptors (Lipinski definition) is 4. The summed E-state index contributed by atoms with van der Waals surface area (Å²) in [6, 6.07) is 19.0. The van der Waals surface area contributed by atoms with Crippen molar-refractivity contribution in [2.45, 2.75) is 19.7 Å². The molecule has 1 heterocycles. The van der Waals surface area contributed by atoms with Crippen LogP contribution in [-0.4, -0.2) is 41.3 Å². The van der Waals surface area contributed by atoms with Crippen LogP contribution in [0, 0.1) is 5.82 Å². The minimum atomic E-state index is -0.346. The largest absolute Gasteiger partial charge is 0.467 e. The first kappa shape index (κ1) is 23.9. The van der Waals surface area contributed by atoms with Gasteiger partial charge in [0.05, 0.1) is 19.4 Å². The normalized spacial score (nSPS) is 10.6. The average molecular weight is 451 g/mol. The zero-order valence-electron chi connectivity index (χ0n) is 18.4. The summed E-state index contributed by atoms with van der Waals surface area (Å²) in [5.74, 6) is -0.313. The fraction of sp³-hybridized carbons (Fsp3) is 0.231. The third kappa shape index (κ3) is 7.73. The Morgan fingerprint density at radius 3 is 2.33 bits per heavy atom. The Labute approximate surface area is 192 Å². The number of hydrogen-bond donors (Lipinski definition) is 0. The van der Waals surface area contributed by atoms with Gasteiger partial charge in [0.15, 0.2) is 0 Å². The quantitative estimate of drug-likeness (QED) is 0.389. The van der Waals surface area contributed by atoms with Gasteiger partial charge >= 0.3 is 0 Å². The molecule has 0 saturated heterocycles. The molecule has 172 valence electrons. The van der Waals surface area contributed by atoms with Crippen LogP contribution in [0.5, 0.6) is 0 Å². The van der Waals surface area contributed by atoms with Crippen LogP contribution in [0.25, 0.3) is 0 Å². The Kier molecular flexibility index (Phi) is 8.97. The van der Waals surface area contributed by atoms with Gasteiger partial charge in [0.2, 0.25) is 11.8 Å². The molecule has 2 amide bonds. The third-order valence-corrected chi connectivity index (χ3v) is 4.93. The summed E-state index contributed by atoms with van der Waals surface area (Å²) in [7, 11) is 0. The number of amides is 2. The molecular formula is C26H27FN2O4. The van der Waals surface area contributed by atoms with Crippen molar-refractivity contribution in [3.8, 4) is 0 Å². The van der Waals surface area contributed by atoms with Crippen molar-refractivity contribution >= 4 is 11.8 Å². The second-order valence-electron chi connectivity index (χ2n) is 7.50. The van der Waals surface area contributed by atoms with Crippen molar-refractivity contribution < 1.29 is 23.1 Å². The van der Waals surface area contributed by atoms with Crippen molar-refractivity contribution in [1.29, 1.82) is 0 Å². The van der Waals surface area contributed by atoms with Gasteiger partial charge in [-0.15, -0.1) is 6.58 Å². The lowest BCUT2D eigenvalue weighted by Gasteiger charge is -2.27. The van der Waals surface area contributed by atoms with Crippen molar-refractivity contribution in [1.82, 2.24) is 9.80 Å². The molecule has 0 aliphatic carbocycles. The zero-order chi connectivity index (χ0) is 23.5. The standard InChI is InChI=1S/C26H27FN2O4/c1-2-14-28(26(31)20-32-19-22-7-4-3-5-8-22)18-25(30)29(17-24-9-6-15-33-24)16-21-10-12-23(27)13-11-21/h2-13,15H,1,14,16-20H2.